The highest BCUT2D eigenvalue weighted by molar-refractivity contribution is 6.06. The molecule has 0 spiro atoms. The fourth-order valence-electron chi connectivity index (χ4n) is 9.03. The molecule has 7 nitrogen and oxygen atoms in total. The minimum absolute atomic E-state index is 0.239. The number of anilines is 3. The van der Waals surface area contributed by atoms with Crippen LogP contribution in [0.5, 0.6) is 5.75 Å². The molecule has 1 aliphatic heterocycles. The van der Waals surface area contributed by atoms with Crippen LogP contribution in [-0.4, -0.2) is 23.5 Å². The lowest BCUT2D eigenvalue weighted by Gasteiger charge is -2.46. The van der Waals surface area contributed by atoms with Crippen LogP contribution in [0.4, 0.5) is 17.2 Å². The predicted octanol–water partition coefficient (Wildman–Crippen LogP) is 10.7. The summed E-state index contributed by atoms with van der Waals surface area (Å²) in [4.78, 5) is 7.94. The van der Waals surface area contributed by atoms with Crippen LogP contribution in [0.25, 0.3) is 55.5 Å². The number of fused-ring (bicyclic) bond motifs is 6. The van der Waals surface area contributed by atoms with Gasteiger partial charge in [-0.1, -0.05) is 119 Å². The number of benzene rings is 6. The zero-order valence-electron chi connectivity index (χ0n) is 31.1. The largest absolute Gasteiger partial charge is 0.505 e. The Morgan fingerprint density at radius 1 is 0.618 bits per heavy atom. The fourth-order valence-corrected chi connectivity index (χ4v) is 9.03. The molecule has 0 saturated heterocycles. The van der Waals surface area contributed by atoms with Gasteiger partial charge in [0.2, 0.25) is 0 Å². The Labute approximate surface area is 318 Å². The molecule has 0 fully saturated rings. The number of hydrogen-bond acceptors (Lipinski definition) is 3. The number of hydrogen-bond donors (Lipinski definition) is 1. The summed E-state index contributed by atoms with van der Waals surface area (Å²) in [6, 6.07) is 52.6. The van der Waals surface area contributed by atoms with E-state index in [2.05, 4.69) is 184 Å². The van der Waals surface area contributed by atoms with E-state index in [9.17, 15) is 5.11 Å². The van der Waals surface area contributed by atoms with Crippen molar-refractivity contribution in [1.82, 2.24) is 18.4 Å². The van der Waals surface area contributed by atoms with Crippen molar-refractivity contribution >= 4 is 61.3 Å². The van der Waals surface area contributed by atoms with Gasteiger partial charge in [0.1, 0.15) is 5.52 Å². The number of imidazole rings is 2. The molecule has 0 amide bonds. The fraction of sp³-hybridized carbons (Fsp3) is 0.125. The topological polar surface area (TPSA) is 54.0 Å². The number of rotatable bonds is 5. The second-order valence-corrected chi connectivity index (χ2v) is 15.7. The molecular formula is C48H38N6O. The maximum absolute atomic E-state index is 12.0. The quantitative estimate of drug-likeness (QED) is 0.143. The van der Waals surface area contributed by atoms with Crippen LogP contribution in [0.1, 0.15) is 39.0 Å². The first-order valence-corrected chi connectivity index (χ1v) is 18.8. The summed E-state index contributed by atoms with van der Waals surface area (Å²) in [5, 5.41) is 12.8. The average molecular weight is 715 g/mol. The molecule has 11 rings (SSSR count). The Kier molecular flexibility index (Phi) is 6.38. The van der Waals surface area contributed by atoms with Gasteiger partial charge in [0.25, 0.3) is 6.33 Å². The Morgan fingerprint density at radius 3 is 2.07 bits per heavy atom. The molecule has 1 aliphatic rings. The number of nitrogens with zero attached hydrogens (tertiary/aromatic N) is 6. The molecule has 0 aliphatic carbocycles. The smallest absolute Gasteiger partial charge is 0.269 e. The third-order valence-electron chi connectivity index (χ3n) is 12.4. The molecule has 0 bridgehead atoms. The lowest BCUT2D eigenvalue weighted by Crippen LogP contribution is -2.44. The van der Waals surface area contributed by atoms with Gasteiger partial charge in [0.05, 0.1) is 44.7 Å². The molecule has 6 aromatic carbocycles. The normalized spacial score (nSPS) is 14.5. The van der Waals surface area contributed by atoms with Gasteiger partial charge in [-0.2, -0.15) is 0 Å². The van der Waals surface area contributed by atoms with Gasteiger partial charge in [0.15, 0.2) is 17.2 Å². The minimum Gasteiger partial charge on any atom is -0.505 e. The molecule has 5 heterocycles. The van der Waals surface area contributed by atoms with E-state index in [1.807, 2.05) is 24.3 Å². The summed E-state index contributed by atoms with van der Waals surface area (Å²) in [6.07, 6.45) is 3.67. The van der Waals surface area contributed by atoms with Gasteiger partial charge in [0, 0.05) is 27.6 Å². The third kappa shape index (κ3) is 4.15. The molecular weight excluding hydrogens is 677 g/mol. The van der Waals surface area contributed by atoms with Crippen molar-refractivity contribution in [3.05, 3.63) is 169 Å². The summed E-state index contributed by atoms with van der Waals surface area (Å²) in [5.41, 5.74) is 12.3. The molecule has 0 atom stereocenters. The number of aromatic hydroxyl groups is 1. The number of para-hydroxylation sites is 6. The second-order valence-electron chi connectivity index (χ2n) is 15.7. The van der Waals surface area contributed by atoms with Crippen LogP contribution >= 0.6 is 0 Å². The highest BCUT2D eigenvalue weighted by atomic mass is 16.3. The van der Waals surface area contributed by atoms with Crippen molar-refractivity contribution in [3.63, 3.8) is 0 Å². The van der Waals surface area contributed by atoms with Crippen LogP contribution in [0.3, 0.4) is 0 Å². The van der Waals surface area contributed by atoms with E-state index >= 15 is 0 Å². The van der Waals surface area contributed by atoms with Gasteiger partial charge in [-0.15, -0.1) is 0 Å². The first-order chi connectivity index (χ1) is 26.8. The molecule has 266 valence electrons. The van der Waals surface area contributed by atoms with Crippen LogP contribution in [0, 0.1) is 6.33 Å². The molecule has 0 unspecified atom stereocenters. The van der Waals surface area contributed by atoms with E-state index in [0.29, 0.717) is 5.52 Å². The summed E-state index contributed by atoms with van der Waals surface area (Å²) < 4.78 is 8.81. The molecule has 0 saturated carbocycles. The highest BCUT2D eigenvalue weighted by Gasteiger charge is 2.49. The molecule has 7 heteroatoms. The van der Waals surface area contributed by atoms with E-state index < -0.39 is 0 Å². The Bertz CT molecular complexity index is 3170. The van der Waals surface area contributed by atoms with E-state index in [1.165, 1.54) is 5.56 Å². The van der Waals surface area contributed by atoms with E-state index in [0.717, 1.165) is 72.9 Å². The number of aromatic nitrogens is 5. The summed E-state index contributed by atoms with van der Waals surface area (Å²) >= 11 is 0. The first kappa shape index (κ1) is 31.6. The standard InChI is InChI=1S/C48H38N6O/c1-47(2)36-24-16-28-40-41(36)54-44(48(47,3)4)46(49-45(54)42-43(55)35-23-11-12-25-37(35)53(40)42)52(32-19-9-6-10-20-32)34-22-15-21-33(29-34)51-30-50(31-17-7-5-8-18-31)38-26-13-14-27-39(38)51/h5-29,55H,1-4H3. The maximum atomic E-state index is 12.0. The molecule has 4 aromatic heterocycles. The van der Waals surface area contributed by atoms with Crippen LogP contribution in [0.2, 0.25) is 0 Å². The Hall–Kier alpha value is -6.86. The summed E-state index contributed by atoms with van der Waals surface area (Å²) in [5.74, 6) is 1.07. The zero-order chi connectivity index (χ0) is 37.2. The van der Waals surface area contributed by atoms with Crippen LogP contribution in [-0.2, 0) is 10.8 Å². The van der Waals surface area contributed by atoms with Crippen molar-refractivity contribution in [2.24, 2.45) is 0 Å². The van der Waals surface area contributed by atoms with Crippen molar-refractivity contribution in [2.45, 2.75) is 38.5 Å². The van der Waals surface area contributed by atoms with Crippen molar-refractivity contribution < 1.29 is 9.67 Å². The summed E-state index contributed by atoms with van der Waals surface area (Å²) in [7, 11) is 0. The monoisotopic (exact) mass is 714 g/mol. The van der Waals surface area contributed by atoms with Gasteiger partial charge in [-0.05, 0) is 66.2 Å². The Morgan fingerprint density at radius 2 is 1.27 bits per heavy atom. The molecule has 10 aromatic rings. The van der Waals surface area contributed by atoms with E-state index in [1.54, 1.807) is 0 Å². The minimum atomic E-state index is -0.390. The maximum Gasteiger partial charge on any atom is 0.269 e. The van der Waals surface area contributed by atoms with Gasteiger partial charge < -0.3 is 9.51 Å². The molecule has 1 N–H and O–H groups in total. The van der Waals surface area contributed by atoms with Crippen molar-refractivity contribution in [3.8, 4) is 17.1 Å². The van der Waals surface area contributed by atoms with Crippen molar-refractivity contribution in [1.29, 1.82) is 0 Å². The van der Waals surface area contributed by atoms with E-state index in [-0.39, 0.29) is 16.6 Å². The van der Waals surface area contributed by atoms with Gasteiger partial charge in [-0.25, -0.2) is 4.98 Å². The Balaban J connectivity index is 1.24. The third-order valence-corrected chi connectivity index (χ3v) is 12.4. The average Bonchev–Trinajstić information content (AvgIpc) is 3.89. The predicted molar refractivity (Wildman–Crippen MR) is 221 cm³/mol. The second kappa shape index (κ2) is 11.1. The molecule has 0 radical (unpaired) electrons. The lowest BCUT2D eigenvalue weighted by atomic mass is 9.60. The van der Waals surface area contributed by atoms with Crippen LogP contribution in [0.15, 0.2) is 152 Å². The lowest BCUT2D eigenvalue weighted by molar-refractivity contribution is -0.572. The van der Waals surface area contributed by atoms with Crippen LogP contribution < -0.4 is 9.47 Å². The molecule has 55 heavy (non-hydrogen) atoms. The van der Waals surface area contributed by atoms with Gasteiger partial charge >= 0.3 is 0 Å². The van der Waals surface area contributed by atoms with E-state index in [4.69, 9.17) is 4.98 Å². The van der Waals surface area contributed by atoms with Crippen molar-refractivity contribution in [2.75, 3.05) is 4.90 Å². The highest BCUT2D eigenvalue weighted by Crippen LogP contribution is 2.55. The van der Waals surface area contributed by atoms with Gasteiger partial charge in [-0.3, -0.25) is 18.4 Å². The zero-order valence-corrected chi connectivity index (χ0v) is 31.1. The SMILES string of the molecule is CC1(C)c2cccc3c2n2c(c(N(c4ccccc4)c4cccc(-n5[c-][n+](-c6ccccc6)c6ccccc65)c4)nc2c2c(O)c4ccccc4n32)C1(C)C. The summed E-state index contributed by atoms with van der Waals surface area (Å²) in [6.45, 7) is 9.38. The first-order valence-electron chi connectivity index (χ1n) is 18.8.